The van der Waals surface area contributed by atoms with Crippen molar-refractivity contribution in [3.8, 4) is 0 Å². The Bertz CT molecular complexity index is 520. The summed E-state index contributed by atoms with van der Waals surface area (Å²) in [4.78, 5) is 6.95. The molecule has 1 aliphatic carbocycles. The van der Waals surface area contributed by atoms with E-state index in [-0.39, 0.29) is 24.0 Å². The molecular formula is C16H23ClIN3. The number of halogens is 2. The average Bonchev–Trinajstić information content (AvgIpc) is 3.18. The number of benzene rings is 1. The Morgan fingerprint density at radius 3 is 2.95 bits per heavy atom. The van der Waals surface area contributed by atoms with Gasteiger partial charge in [0.25, 0.3) is 0 Å². The lowest BCUT2D eigenvalue weighted by molar-refractivity contribution is 0.270. The first kappa shape index (κ1) is 16.9. The van der Waals surface area contributed by atoms with E-state index in [9.17, 15) is 0 Å². The average molecular weight is 420 g/mol. The van der Waals surface area contributed by atoms with E-state index in [0.29, 0.717) is 12.0 Å². The molecule has 21 heavy (non-hydrogen) atoms. The monoisotopic (exact) mass is 419 g/mol. The number of hydrogen-bond acceptors (Lipinski definition) is 1. The number of likely N-dealkylation sites (tertiary alicyclic amines) is 1. The van der Waals surface area contributed by atoms with Crippen molar-refractivity contribution >= 4 is 41.5 Å². The van der Waals surface area contributed by atoms with Gasteiger partial charge in [0.05, 0.1) is 6.04 Å². The lowest BCUT2D eigenvalue weighted by Crippen LogP contribution is -2.43. The molecule has 0 aromatic heterocycles. The van der Waals surface area contributed by atoms with Crippen molar-refractivity contribution in [2.75, 3.05) is 13.1 Å². The predicted octanol–water partition coefficient (Wildman–Crippen LogP) is 3.86. The van der Waals surface area contributed by atoms with Crippen LogP contribution in [0.1, 0.15) is 37.7 Å². The summed E-state index contributed by atoms with van der Waals surface area (Å²) in [7, 11) is 0. The summed E-state index contributed by atoms with van der Waals surface area (Å²) in [6.45, 7) is 4.38. The van der Waals surface area contributed by atoms with Crippen LogP contribution in [-0.4, -0.2) is 30.0 Å². The largest absolute Gasteiger partial charge is 0.370 e. The van der Waals surface area contributed by atoms with Gasteiger partial charge in [-0.3, -0.25) is 0 Å². The van der Waals surface area contributed by atoms with Crippen molar-refractivity contribution in [1.82, 2.24) is 4.90 Å². The van der Waals surface area contributed by atoms with Gasteiger partial charge in [-0.1, -0.05) is 30.7 Å². The Kier molecular flexibility index (Phi) is 5.77. The Labute approximate surface area is 149 Å². The third-order valence-corrected chi connectivity index (χ3v) is 4.55. The fraction of sp³-hybridized carbons (Fsp3) is 0.562. The molecule has 2 N–H and O–H groups in total. The molecule has 2 aliphatic rings. The summed E-state index contributed by atoms with van der Waals surface area (Å²) in [5.74, 6) is 1.95. The molecule has 116 valence electrons. The maximum absolute atomic E-state index is 6.17. The summed E-state index contributed by atoms with van der Waals surface area (Å²) in [6, 6.07) is 8.43. The van der Waals surface area contributed by atoms with Crippen molar-refractivity contribution in [3.05, 3.63) is 34.9 Å². The molecule has 3 rings (SSSR count). The number of nitrogens with zero attached hydrogens (tertiary/aromatic N) is 2. The topological polar surface area (TPSA) is 41.6 Å². The quantitative estimate of drug-likeness (QED) is 0.449. The molecule has 1 heterocycles. The van der Waals surface area contributed by atoms with Crippen LogP contribution in [0.4, 0.5) is 0 Å². The molecule has 1 aliphatic heterocycles. The van der Waals surface area contributed by atoms with Crippen LogP contribution in [0.25, 0.3) is 0 Å². The summed E-state index contributed by atoms with van der Waals surface area (Å²) < 4.78 is 0. The Morgan fingerprint density at radius 1 is 1.43 bits per heavy atom. The molecule has 3 atom stereocenters. The Morgan fingerprint density at radius 2 is 2.24 bits per heavy atom. The summed E-state index contributed by atoms with van der Waals surface area (Å²) in [5.41, 5.74) is 7.46. The van der Waals surface area contributed by atoms with Gasteiger partial charge in [-0.15, -0.1) is 24.0 Å². The van der Waals surface area contributed by atoms with Crippen LogP contribution in [-0.2, 0) is 0 Å². The van der Waals surface area contributed by atoms with E-state index in [0.717, 1.165) is 36.4 Å². The van der Waals surface area contributed by atoms with E-state index in [1.54, 1.807) is 0 Å². The zero-order valence-electron chi connectivity index (χ0n) is 12.3. The zero-order chi connectivity index (χ0) is 14.1. The molecule has 3 unspecified atom stereocenters. The van der Waals surface area contributed by atoms with Crippen molar-refractivity contribution in [1.29, 1.82) is 0 Å². The molecule has 1 saturated heterocycles. The second-order valence-corrected chi connectivity index (χ2v) is 6.58. The SMILES string of the molecule is CC1CCCN(C(N)=NC2CC2c2cccc(Cl)c2)C1.I. The summed E-state index contributed by atoms with van der Waals surface area (Å²) in [6.07, 6.45) is 3.61. The van der Waals surface area contributed by atoms with Gasteiger partial charge < -0.3 is 10.6 Å². The lowest BCUT2D eigenvalue weighted by atomic mass is 10.0. The molecule has 0 radical (unpaired) electrons. The van der Waals surface area contributed by atoms with E-state index < -0.39 is 0 Å². The molecule has 3 nitrogen and oxygen atoms in total. The fourth-order valence-corrected chi connectivity index (χ4v) is 3.27. The molecule has 0 spiro atoms. The van der Waals surface area contributed by atoms with E-state index in [1.807, 2.05) is 18.2 Å². The molecule has 2 fully saturated rings. The fourth-order valence-electron chi connectivity index (χ4n) is 3.07. The van der Waals surface area contributed by atoms with Gasteiger partial charge in [-0.2, -0.15) is 0 Å². The van der Waals surface area contributed by atoms with E-state index in [4.69, 9.17) is 22.3 Å². The first-order chi connectivity index (χ1) is 9.63. The minimum absolute atomic E-state index is 0. The van der Waals surface area contributed by atoms with Gasteiger partial charge in [0.1, 0.15) is 0 Å². The Balaban J connectivity index is 0.00000161. The maximum atomic E-state index is 6.17. The second-order valence-electron chi connectivity index (χ2n) is 6.15. The van der Waals surface area contributed by atoms with Gasteiger partial charge in [-0.25, -0.2) is 4.99 Å². The first-order valence-corrected chi connectivity index (χ1v) is 7.85. The third kappa shape index (κ3) is 4.25. The number of piperidine rings is 1. The normalized spacial score (nSPS) is 29.0. The molecule has 0 bridgehead atoms. The first-order valence-electron chi connectivity index (χ1n) is 7.47. The van der Waals surface area contributed by atoms with E-state index in [2.05, 4.69) is 17.9 Å². The highest BCUT2D eigenvalue weighted by Crippen LogP contribution is 2.44. The maximum Gasteiger partial charge on any atom is 0.191 e. The number of hydrogen-bond donors (Lipinski definition) is 1. The minimum atomic E-state index is 0. The second kappa shape index (κ2) is 7.18. The number of rotatable bonds is 2. The molecule has 1 aromatic rings. The van der Waals surface area contributed by atoms with Crippen LogP contribution in [0.3, 0.4) is 0 Å². The van der Waals surface area contributed by atoms with Crippen LogP contribution < -0.4 is 5.73 Å². The number of aliphatic imine (C=N–C) groups is 1. The van der Waals surface area contributed by atoms with Crippen LogP contribution in [0.15, 0.2) is 29.3 Å². The highest BCUT2D eigenvalue weighted by atomic mass is 127. The molecular weight excluding hydrogens is 397 g/mol. The number of nitrogens with two attached hydrogens (primary N) is 1. The molecule has 5 heteroatoms. The standard InChI is InChI=1S/C16H22ClN3.HI/c1-11-4-3-7-20(10-11)16(18)19-15-9-14(15)12-5-2-6-13(17)8-12;/h2,5-6,8,11,14-15H,3-4,7,9-10H2,1H3,(H2,18,19);1H. The minimum Gasteiger partial charge on any atom is -0.370 e. The lowest BCUT2D eigenvalue weighted by Gasteiger charge is -2.31. The van der Waals surface area contributed by atoms with Crippen LogP contribution in [0.2, 0.25) is 5.02 Å². The van der Waals surface area contributed by atoms with Gasteiger partial charge in [0.15, 0.2) is 5.96 Å². The van der Waals surface area contributed by atoms with E-state index >= 15 is 0 Å². The summed E-state index contributed by atoms with van der Waals surface area (Å²) in [5, 5.41) is 0.801. The Hall–Kier alpha value is -0.490. The smallest absolute Gasteiger partial charge is 0.191 e. The molecule has 1 aromatic carbocycles. The van der Waals surface area contributed by atoms with Crippen molar-refractivity contribution in [3.63, 3.8) is 0 Å². The molecule has 1 saturated carbocycles. The van der Waals surface area contributed by atoms with Crippen molar-refractivity contribution in [2.45, 2.75) is 38.1 Å². The number of guanidine groups is 1. The van der Waals surface area contributed by atoms with Gasteiger partial charge in [0.2, 0.25) is 0 Å². The predicted molar refractivity (Wildman–Crippen MR) is 99.6 cm³/mol. The van der Waals surface area contributed by atoms with Gasteiger partial charge >= 0.3 is 0 Å². The van der Waals surface area contributed by atoms with Gasteiger partial charge in [-0.05, 0) is 42.9 Å². The zero-order valence-corrected chi connectivity index (χ0v) is 15.4. The van der Waals surface area contributed by atoms with Gasteiger partial charge in [0, 0.05) is 24.0 Å². The van der Waals surface area contributed by atoms with Crippen LogP contribution >= 0.6 is 35.6 Å². The van der Waals surface area contributed by atoms with Crippen LogP contribution in [0, 0.1) is 5.92 Å². The highest BCUT2D eigenvalue weighted by molar-refractivity contribution is 14.0. The molecule has 0 amide bonds. The van der Waals surface area contributed by atoms with Crippen LogP contribution in [0.5, 0.6) is 0 Å². The van der Waals surface area contributed by atoms with Crippen molar-refractivity contribution < 1.29 is 0 Å². The third-order valence-electron chi connectivity index (χ3n) is 4.31. The van der Waals surface area contributed by atoms with Crippen molar-refractivity contribution in [2.24, 2.45) is 16.6 Å². The van der Waals surface area contributed by atoms with E-state index in [1.165, 1.54) is 18.4 Å². The summed E-state index contributed by atoms with van der Waals surface area (Å²) >= 11 is 6.04. The highest BCUT2D eigenvalue weighted by Gasteiger charge is 2.39.